The van der Waals surface area contributed by atoms with Gasteiger partial charge in [0, 0.05) is 11.8 Å². The molecule has 0 atom stereocenters. The highest BCUT2D eigenvalue weighted by molar-refractivity contribution is 6.31. The molecule has 0 aliphatic rings. The minimum atomic E-state index is -4.39. The topological polar surface area (TPSA) is 33.1 Å². The predicted molar refractivity (Wildman–Crippen MR) is 65.6 cm³/mol. The van der Waals surface area contributed by atoms with Crippen LogP contribution in [0.15, 0.2) is 36.5 Å². The number of hydrogen-bond acceptors (Lipinski definition) is 2. The van der Waals surface area contributed by atoms with Crippen LogP contribution < -0.4 is 0 Å². The Morgan fingerprint density at radius 2 is 1.89 bits per heavy atom. The number of aliphatic hydroxyl groups is 1. The fraction of sp³-hybridized carbons (Fsp3) is 0.154. The largest absolute Gasteiger partial charge is 0.416 e. The molecule has 2 aromatic rings. The predicted octanol–water partition coefficient (Wildman–Crippen LogP) is 3.91. The van der Waals surface area contributed by atoms with Gasteiger partial charge in [0.15, 0.2) is 0 Å². The van der Waals surface area contributed by atoms with Crippen molar-refractivity contribution in [3.8, 4) is 11.1 Å². The van der Waals surface area contributed by atoms with E-state index in [4.69, 9.17) is 16.7 Å². The maximum Gasteiger partial charge on any atom is 0.416 e. The fourth-order valence-corrected chi connectivity index (χ4v) is 1.84. The molecule has 0 saturated carbocycles. The second-order valence-corrected chi connectivity index (χ2v) is 4.30. The molecule has 0 aliphatic carbocycles. The van der Waals surface area contributed by atoms with Gasteiger partial charge < -0.3 is 5.11 Å². The van der Waals surface area contributed by atoms with Crippen molar-refractivity contribution in [1.29, 1.82) is 0 Å². The summed E-state index contributed by atoms with van der Waals surface area (Å²) in [6.07, 6.45) is -3.01. The summed E-state index contributed by atoms with van der Waals surface area (Å²) in [7, 11) is 0. The van der Waals surface area contributed by atoms with E-state index < -0.39 is 11.7 Å². The third-order valence-electron chi connectivity index (χ3n) is 2.59. The van der Waals surface area contributed by atoms with E-state index >= 15 is 0 Å². The van der Waals surface area contributed by atoms with E-state index in [0.717, 1.165) is 12.1 Å². The van der Waals surface area contributed by atoms with Crippen molar-refractivity contribution in [2.75, 3.05) is 0 Å². The molecule has 0 bridgehead atoms. The molecule has 0 amide bonds. The monoisotopic (exact) mass is 287 g/mol. The van der Waals surface area contributed by atoms with Gasteiger partial charge in [-0.3, -0.25) is 4.98 Å². The fourth-order valence-electron chi connectivity index (χ4n) is 1.62. The first-order valence-corrected chi connectivity index (χ1v) is 5.72. The van der Waals surface area contributed by atoms with E-state index in [0.29, 0.717) is 11.1 Å². The van der Waals surface area contributed by atoms with Gasteiger partial charge in [-0.1, -0.05) is 23.7 Å². The molecule has 1 N–H and O–H groups in total. The molecule has 2 nitrogen and oxygen atoms in total. The zero-order chi connectivity index (χ0) is 14.0. The highest BCUT2D eigenvalue weighted by atomic mass is 35.5. The Bertz CT molecular complexity index is 599. The van der Waals surface area contributed by atoms with Crippen molar-refractivity contribution >= 4 is 11.6 Å². The van der Waals surface area contributed by atoms with Gasteiger partial charge in [-0.05, 0) is 23.8 Å². The van der Waals surface area contributed by atoms with E-state index in [2.05, 4.69) is 4.98 Å². The van der Waals surface area contributed by atoms with E-state index in [1.54, 1.807) is 6.07 Å². The lowest BCUT2D eigenvalue weighted by Crippen LogP contribution is -2.04. The number of pyridine rings is 1. The average Bonchev–Trinajstić information content (AvgIpc) is 2.38. The summed E-state index contributed by atoms with van der Waals surface area (Å²) in [5, 5.41) is 9.15. The Balaban J connectivity index is 2.45. The lowest BCUT2D eigenvalue weighted by molar-refractivity contribution is -0.137. The lowest BCUT2D eigenvalue weighted by atomic mass is 10.0. The molecule has 1 aromatic carbocycles. The highest BCUT2D eigenvalue weighted by Gasteiger charge is 2.30. The molecule has 2 rings (SSSR count). The van der Waals surface area contributed by atoms with Gasteiger partial charge in [0.25, 0.3) is 0 Å². The van der Waals surface area contributed by atoms with Crippen LogP contribution in [0.4, 0.5) is 13.2 Å². The molecule has 0 saturated heterocycles. The van der Waals surface area contributed by atoms with Gasteiger partial charge in [-0.25, -0.2) is 0 Å². The Morgan fingerprint density at radius 1 is 1.16 bits per heavy atom. The SMILES string of the molecule is OCc1ncc(-c2cccc(C(F)(F)F)c2)cc1Cl. The first kappa shape index (κ1) is 13.8. The smallest absolute Gasteiger partial charge is 0.390 e. The number of hydrogen-bond donors (Lipinski definition) is 1. The molecule has 0 unspecified atom stereocenters. The summed E-state index contributed by atoms with van der Waals surface area (Å²) in [4.78, 5) is 3.90. The molecular formula is C13H9ClF3NO. The van der Waals surface area contributed by atoms with Crippen molar-refractivity contribution in [1.82, 2.24) is 4.98 Å². The molecule has 0 aliphatic heterocycles. The molecule has 0 spiro atoms. The summed E-state index contributed by atoms with van der Waals surface area (Å²) in [5.74, 6) is 0. The maximum absolute atomic E-state index is 12.6. The number of aliphatic hydroxyl groups excluding tert-OH is 1. The number of alkyl halides is 3. The van der Waals surface area contributed by atoms with Crippen molar-refractivity contribution in [3.05, 3.63) is 52.8 Å². The summed E-state index contributed by atoms with van der Waals surface area (Å²) < 4.78 is 37.8. The molecule has 100 valence electrons. The zero-order valence-corrected chi connectivity index (χ0v) is 10.3. The van der Waals surface area contributed by atoms with Gasteiger partial charge >= 0.3 is 6.18 Å². The van der Waals surface area contributed by atoms with E-state index in [-0.39, 0.29) is 17.3 Å². The summed E-state index contributed by atoms with van der Waals surface area (Å²) in [6, 6.07) is 6.38. The standard InChI is InChI=1S/C13H9ClF3NO/c14-11-5-9(6-18-12(11)7-19)8-2-1-3-10(4-8)13(15,16)17/h1-6,19H,7H2. The molecule has 0 radical (unpaired) electrons. The first-order valence-electron chi connectivity index (χ1n) is 5.34. The minimum absolute atomic E-state index is 0.220. The average molecular weight is 288 g/mol. The number of nitrogens with zero attached hydrogens (tertiary/aromatic N) is 1. The second-order valence-electron chi connectivity index (χ2n) is 3.89. The number of benzene rings is 1. The quantitative estimate of drug-likeness (QED) is 0.908. The molecule has 1 aromatic heterocycles. The second kappa shape index (κ2) is 5.19. The van der Waals surface area contributed by atoms with Crippen molar-refractivity contribution in [2.45, 2.75) is 12.8 Å². The Kier molecular flexibility index (Phi) is 3.78. The molecular weight excluding hydrogens is 279 g/mol. The van der Waals surface area contributed by atoms with Crippen molar-refractivity contribution in [3.63, 3.8) is 0 Å². The summed E-state index contributed by atoms with van der Waals surface area (Å²) >= 11 is 5.86. The van der Waals surface area contributed by atoms with Crippen LogP contribution in [0, 0.1) is 0 Å². The van der Waals surface area contributed by atoms with Crippen LogP contribution in [-0.4, -0.2) is 10.1 Å². The first-order chi connectivity index (χ1) is 8.91. The zero-order valence-electron chi connectivity index (χ0n) is 9.58. The van der Waals surface area contributed by atoms with Gasteiger partial charge in [0.2, 0.25) is 0 Å². The molecule has 0 fully saturated rings. The molecule has 19 heavy (non-hydrogen) atoms. The van der Waals surface area contributed by atoms with E-state index in [9.17, 15) is 13.2 Å². The van der Waals surface area contributed by atoms with Crippen molar-refractivity contribution < 1.29 is 18.3 Å². The van der Waals surface area contributed by atoms with E-state index in [1.165, 1.54) is 18.3 Å². The van der Waals surface area contributed by atoms with Crippen LogP contribution in [0.3, 0.4) is 0 Å². The van der Waals surface area contributed by atoms with Crippen LogP contribution in [0.1, 0.15) is 11.3 Å². The summed E-state index contributed by atoms with van der Waals surface area (Å²) in [5.41, 5.74) is 0.395. The van der Waals surface area contributed by atoms with Gasteiger partial charge in [-0.15, -0.1) is 0 Å². The van der Waals surface area contributed by atoms with Crippen LogP contribution in [0.5, 0.6) is 0 Å². The third kappa shape index (κ3) is 3.05. The van der Waals surface area contributed by atoms with Crippen LogP contribution in [-0.2, 0) is 12.8 Å². The van der Waals surface area contributed by atoms with Gasteiger partial charge in [0.1, 0.15) is 0 Å². The Morgan fingerprint density at radius 3 is 2.47 bits per heavy atom. The maximum atomic E-state index is 12.6. The highest BCUT2D eigenvalue weighted by Crippen LogP contribution is 2.32. The van der Waals surface area contributed by atoms with E-state index in [1.807, 2.05) is 0 Å². The Hall–Kier alpha value is -1.59. The number of halogens is 4. The third-order valence-corrected chi connectivity index (χ3v) is 2.92. The number of aromatic nitrogens is 1. The normalized spacial score (nSPS) is 11.6. The number of rotatable bonds is 2. The Labute approximate surface area is 112 Å². The van der Waals surface area contributed by atoms with Gasteiger partial charge in [-0.2, -0.15) is 13.2 Å². The lowest BCUT2D eigenvalue weighted by Gasteiger charge is -2.09. The minimum Gasteiger partial charge on any atom is -0.390 e. The summed E-state index contributed by atoms with van der Waals surface area (Å²) in [6.45, 7) is -0.318. The van der Waals surface area contributed by atoms with Crippen molar-refractivity contribution in [2.24, 2.45) is 0 Å². The molecule has 1 heterocycles. The van der Waals surface area contributed by atoms with Crippen LogP contribution in [0.2, 0.25) is 5.02 Å². The van der Waals surface area contributed by atoms with Crippen LogP contribution >= 0.6 is 11.6 Å². The molecule has 6 heteroatoms. The van der Waals surface area contributed by atoms with Gasteiger partial charge in [0.05, 0.1) is 22.9 Å². The van der Waals surface area contributed by atoms with Crippen LogP contribution in [0.25, 0.3) is 11.1 Å².